The second kappa shape index (κ2) is 21.8. The van der Waals surface area contributed by atoms with Gasteiger partial charge in [0.15, 0.2) is 0 Å². The van der Waals surface area contributed by atoms with Gasteiger partial charge in [-0.1, -0.05) is 36.4 Å². The van der Waals surface area contributed by atoms with E-state index < -0.39 is 13.2 Å². The van der Waals surface area contributed by atoms with Crippen molar-refractivity contribution in [1.82, 2.24) is 39.8 Å². The molecule has 4 aromatic carbocycles. The largest absolute Gasteiger partial charge is 0.494 e. The number of methoxy groups -OCH3 is 1. The SMILES string of the molecule is COc1cc(N2CCC(N3CCN(CC4CCN(c5ccc6c(c5)CN(C5CCC(=O)NC5=O)C6=O)CC4)CC3)CC2)c(-c2cnn(C)c2)cc1Nc1ncc(Br)c(Nc2ccc(-c3ccccc3)cc2P(C)(C)=O)n1. The number of aryl methyl sites for hydroxylation is 1. The van der Waals surface area contributed by atoms with Gasteiger partial charge in [-0.2, -0.15) is 10.1 Å². The molecule has 7 heterocycles. The zero-order valence-electron chi connectivity index (χ0n) is 43.7. The first-order valence-corrected chi connectivity index (χ1v) is 29.9. The van der Waals surface area contributed by atoms with E-state index in [1.165, 1.54) is 0 Å². The summed E-state index contributed by atoms with van der Waals surface area (Å²) in [4.78, 5) is 59.0. The minimum Gasteiger partial charge on any atom is -0.494 e. The number of nitrogens with one attached hydrogen (secondary N) is 3. The van der Waals surface area contributed by atoms with Gasteiger partial charge in [0.25, 0.3) is 5.91 Å². The van der Waals surface area contributed by atoms with Crippen molar-refractivity contribution < 1.29 is 23.7 Å². The van der Waals surface area contributed by atoms with Gasteiger partial charge in [-0.15, -0.1) is 0 Å². The Morgan fingerprint density at radius 1 is 0.776 bits per heavy atom. The molecule has 3 amide bonds. The van der Waals surface area contributed by atoms with E-state index in [1.807, 2.05) is 66.6 Å². The Balaban J connectivity index is 0.696. The molecule has 0 saturated carbocycles. The number of benzene rings is 4. The second-order valence-corrected chi connectivity index (χ2v) is 25.3. The second-order valence-electron chi connectivity index (χ2n) is 21.3. The van der Waals surface area contributed by atoms with E-state index >= 15 is 0 Å². The molecular weight excluding hydrogens is 1040 g/mol. The number of piperazine rings is 1. The van der Waals surface area contributed by atoms with Crippen LogP contribution in [-0.2, 0) is 27.7 Å². The monoisotopic (exact) mass is 1110 g/mol. The highest BCUT2D eigenvalue weighted by Gasteiger charge is 2.40. The number of piperidine rings is 3. The summed E-state index contributed by atoms with van der Waals surface area (Å²) in [7, 11) is 0.921. The molecule has 17 nitrogen and oxygen atoms in total. The standard InChI is InChI=1S/C57H66BrN12O5P/c1-65-35-41(32-60-65)45-30-48(62-57-59-33-46(58)54(64-57)61-47-13-10-39(29-52(47)76(3,4)74)38-8-6-5-7-9-38)51(75-2)31-50(45)69-22-18-42(19-23-69)68-26-24-66(25-27-68)34-37-16-20-67(21-17-37)43-11-12-44-40(28-43)36-70(56(44)73)49-14-15-53(71)63-55(49)72/h5-13,28-33,35,37,42,49H,14-27,34,36H2,1-4H3,(H,63,71,72)(H2,59,61,62,64). The topological polar surface area (TPSA) is 173 Å². The summed E-state index contributed by atoms with van der Waals surface area (Å²) in [5.41, 5.74) is 9.37. The molecular formula is C57H66BrN12O5P. The zero-order valence-corrected chi connectivity index (χ0v) is 46.2. The van der Waals surface area contributed by atoms with Crippen LogP contribution in [0.1, 0.15) is 54.4 Å². The number of carbonyl (C=O) groups is 3. The molecule has 1 atom stereocenters. The lowest BCUT2D eigenvalue weighted by atomic mass is 9.95. The maximum absolute atomic E-state index is 13.7. The minimum absolute atomic E-state index is 0.128. The number of rotatable bonds is 14. The molecule has 76 heavy (non-hydrogen) atoms. The van der Waals surface area contributed by atoms with E-state index in [4.69, 9.17) is 9.72 Å². The van der Waals surface area contributed by atoms with Gasteiger partial charge in [-0.3, -0.25) is 29.3 Å². The first kappa shape index (κ1) is 51.5. The van der Waals surface area contributed by atoms with E-state index in [1.54, 1.807) is 31.5 Å². The number of anilines is 6. The fourth-order valence-corrected chi connectivity index (χ4v) is 13.3. The lowest BCUT2D eigenvalue weighted by molar-refractivity contribution is -0.136. The van der Waals surface area contributed by atoms with Crippen molar-refractivity contribution in [2.24, 2.45) is 13.0 Å². The third-order valence-electron chi connectivity index (χ3n) is 16.0. The number of aromatic nitrogens is 4. The van der Waals surface area contributed by atoms with E-state index in [2.05, 4.69) is 98.0 Å². The van der Waals surface area contributed by atoms with Crippen molar-refractivity contribution in [2.75, 3.05) is 99.8 Å². The average Bonchev–Trinajstić information content (AvgIpc) is 4.02. The van der Waals surface area contributed by atoms with Crippen molar-refractivity contribution in [3.05, 3.63) is 113 Å². The molecule has 0 radical (unpaired) electrons. The van der Waals surface area contributed by atoms with E-state index in [-0.39, 0.29) is 24.1 Å². The molecule has 11 rings (SSSR count). The predicted molar refractivity (Wildman–Crippen MR) is 303 cm³/mol. The molecule has 0 spiro atoms. The third kappa shape index (κ3) is 11.0. The number of halogens is 1. The number of hydrogen-bond donors (Lipinski definition) is 3. The Morgan fingerprint density at radius 3 is 2.25 bits per heavy atom. The van der Waals surface area contributed by atoms with E-state index in [9.17, 15) is 18.9 Å². The molecule has 0 aliphatic carbocycles. The van der Waals surface area contributed by atoms with Crippen LogP contribution in [0.2, 0.25) is 0 Å². The summed E-state index contributed by atoms with van der Waals surface area (Å²) in [6, 6.07) is 26.4. The average molecular weight is 1110 g/mol. The van der Waals surface area contributed by atoms with Gasteiger partial charge in [0.05, 0.1) is 29.2 Å². The molecule has 5 aliphatic rings. The lowest BCUT2D eigenvalue weighted by Gasteiger charge is -2.44. The van der Waals surface area contributed by atoms with Crippen LogP contribution in [-0.4, -0.2) is 144 Å². The van der Waals surface area contributed by atoms with Crippen molar-refractivity contribution in [2.45, 2.75) is 57.2 Å². The van der Waals surface area contributed by atoms with Crippen LogP contribution in [0.25, 0.3) is 22.3 Å². The molecule has 4 saturated heterocycles. The van der Waals surface area contributed by atoms with Crippen molar-refractivity contribution >= 4 is 80.6 Å². The first-order chi connectivity index (χ1) is 36.7. The highest BCUT2D eigenvalue weighted by Crippen LogP contribution is 2.43. The van der Waals surface area contributed by atoms with Crippen LogP contribution in [0.15, 0.2) is 102 Å². The summed E-state index contributed by atoms with van der Waals surface area (Å²) in [5.74, 6) is 1.44. The lowest BCUT2D eigenvalue weighted by Crippen LogP contribution is -2.54. The van der Waals surface area contributed by atoms with Crippen molar-refractivity contribution in [1.29, 1.82) is 0 Å². The number of imide groups is 1. The molecule has 396 valence electrons. The van der Waals surface area contributed by atoms with Gasteiger partial charge < -0.3 is 39.5 Å². The van der Waals surface area contributed by atoms with Gasteiger partial charge in [0.2, 0.25) is 17.8 Å². The number of fused-ring (bicyclic) bond motifs is 1. The summed E-state index contributed by atoms with van der Waals surface area (Å²) in [6.07, 6.45) is 10.7. The van der Waals surface area contributed by atoms with Crippen LogP contribution >= 0.6 is 23.1 Å². The molecule has 2 aromatic heterocycles. The van der Waals surface area contributed by atoms with Gasteiger partial charge in [0, 0.05) is 137 Å². The Labute approximate surface area is 452 Å². The number of nitrogens with zero attached hydrogens (tertiary/aromatic N) is 9. The van der Waals surface area contributed by atoms with Gasteiger partial charge in [-0.05, 0) is 120 Å². The molecule has 4 fully saturated rings. The molecule has 0 bridgehead atoms. The molecule has 19 heteroatoms. The van der Waals surface area contributed by atoms with Gasteiger partial charge in [0.1, 0.15) is 24.8 Å². The number of hydrogen-bond acceptors (Lipinski definition) is 14. The Morgan fingerprint density at radius 2 is 1.54 bits per heavy atom. The number of amides is 3. The quantitative estimate of drug-likeness (QED) is 0.0702. The molecule has 5 aliphatic heterocycles. The van der Waals surface area contributed by atoms with E-state index in [0.717, 1.165) is 135 Å². The van der Waals surface area contributed by atoms with Crippen LogP contribution in [0.5, 0.6) is 5.75 Å². The normalized spacial score (nSPS) is 19.2. The van der Waals surface area contributed by atoms with Crippen molar-refractivity contribution in [3.63, 3.8) is 0 Å². The molecule has 1 unspecified atom stereocenters. The van der Waals surface area contributed by atoms with E-state index in [0.29, 0.717) is 58.2 Å². The maximum atomic E-state index is 13.7. The third-order valence-corrected chi connectivity index (χ3v) is 18.1. The number of carbonyl (C=O) groups excluding carboxylic acids is 3. The Hall–Kier alpha value is -6.59. The maximum Gasteiger partial charge on any atom is 0.255 e. The Kier molecular flexibility index (Phi) is 14.8. The summed E-state index contributed by atoms with van der Waals surface area (Å²) >= 11 is 3.65. The first-order valence-electron chi connectivity index (χ1n) is 26.5. The molecule has 3 N–H and O–H groups in total. The number of ether oxygens (including phenoxy) is 1. The van der Waals surface area contributed by atoms with Crippen molar-refractivity contribution in [3.8, 4) is 28.0 Å². The molecule has 6 aromatic rings. The van der Waals surface area contributed by atoms with Crippen LogP contribution in [0.3, 0.4) is 0 Å². The van der Waals surface area contributed by atoms with Crippen LogP contribution < -0.4 is 35.8 Å². The smallest absolute Gasteiger partial charge is 0.255 e. The summed E-state index contributed by atoms with van der Waals surface area (Å²) in [6.45, 7) is 13.2. The highest BCUT2D eigenvalue weighted by molar-refractivity contribution is 9.10. The highest BCUT2D eigenvalue weighted by atomic mass is 79.9. The Bertz CT molecular complexity index is 3200. The van der Waals surface area contributed by atoms with Gasteiger partial charge in [-0.25, -0.2) is 4.98 Å². The minimum atomic E-state index is -2.70. The summed E-state index contributed by atoms with van der Waals surface area (Å²) in [5, 5.41) is 14.6. The van der Waals surface area contributed by atoms with Crippen LogP contribution in [0, 0.1) is 5.92 Å². The van der Waals surface area contributed by atoms with Gasteiger partial charge >= 0.3 is 0 Å². The fourth-order valence-electron chi connectivity index (χ4n) is 11.8. The predicted octanol–water partition coefficient (Wildman–Crippen LogP) is 8.31. The summed E-state index contributed by atoms with van der Waals surface area (Å²) < 4.78 is 22.3. The zero-order chi connectivity index (χ0) is 52.7. The van der Waals surface area contributed by atoms with Crippen LogP contribution in [0.4, 0.5) is 34.5 Å². The fraction of sp³-hybridized carbons (Fsp3) is 0.404.